The highest BCUT2D eigenvalue weighted by Crippen LogP contribution is 2.40. The third-order valence-corrected chi connectivity index (χ3v) is 3.34. The molecule has 1 saturated carbocycles. The Morgan fingerprint density at radius 1 is 1.32 bits per heavy atom. The lowest BCUT2D eigenvalue weighted by Gasteiger charge is -2.16. The Kier molecular flexibility index (Phi) is 5.09. The Morgan fingerprint density at radius 2 is 1.89 bits per heavy atom. The Balaban J connectivity index is 0.00000180. The van der Waals surface area contributed by atoms with Crippen LogP contribution >= 0.6 is 24.0 Å². The third kappa shape index (κ3) is 3.97. The van der Waals surface area contributed by atoms with Crippen LogP contribution in [0, 0.1) is 11.7 Å². The summed E-state index contributed by atoms with van der Waals surface area (Å²) < 4.78 is 51.5. The van der Waals surface area contributed by atoms with Gasteiger partial charge in [-0.1, -0.05) is 24.4 Å². The first kappa shape index (κ1) is 16.5. The van der Waals surface area contributed by atoms with Crippen molar-refractivity contribution in [1.82, 2.24) is 0 Å². The molecular weight excluding hydrogens is 305 g/mol. The molecule has 1 aliphatic rings. The summed E-state index contributed by atoms with van der Waals surface area (Å²) in [6.07, 6.45) is -2.05. The number of nitrogens with two attached hydrogens (primary N) is 1. The average Bonchev–Trinajstić information content (AvgIpc) is 3.03. The molecule has 1 aliphatic carbocycles. The van der Waals surface area contributed by atoms with Gasteiger partial charge in [0.25, 0.3) is 0 Å². The maximum absolute atomic E-state index is 13.7. The molecule has 0 saturated heterocycles. The summed E-state index contributed by atoms with van der Waals surface area (Å²) in [6, 6.07) is 0.607. The molecule has 2 N–H and O–H groups in total. The van der Waals surface area contributed by atoms with Crippen LogP contribution in [0.5, 0.6) is 0 Å². The van der Waals surface area contributed by atoms with Crippen LogP contribution in [-0.4, -0.2) is 0 Å². The van der Waals surface area contributed by atoms with E-state index in [2.05, 4.69) is 0 Å². The van der Waals surface area contributed by atoms with Gasteiger partial charge in [0, 0.05) is 11.6 Å². The highest BCUT2D eigenvalue weighted by atomic mass is 35.5. The minimum absolute atomic E-state index is 0. The molecule has 0 heterocycles. The first-order valence-electron chi connectivity index (χ1n) is 5.60. The van der Waals surface area contributed by atoms with Gasteiger partial charge in [0.2, 0.25) is 0 Å². The van der Waals surface area contributed by atoms with E-state index in [0.717, 1.165) is 18.9 Å². The predicted molar refractivity (Wildman–Crippen MR) is 67.9 cm³/mol. The minimum Gasteiger partial charge on any atom is -0.324 e. The van der Waals surface area contributed by atoms with Gasteiger partial charge >= 0.3 is 6.18 Å². The standard InChI is InChI=1S/C12H12ClF4N.ClH/c13-9-5-7(12(15,16)17)4-8(11(9)14)10(18)3-6-1-2-6;/h4-6,10H,1-3,18H2;1H/t10-;/m0./s1. The van der Waals surface area contributed by atoms with E-state index in [1.807, 2.05) is 0 Å². The van der Waals surface area contributed by atoms with E-state index in [-0.39, 0.29) is 18.0 Å². The lowest BCUT2D eigenvalue weighted by molar-refractivity contribution is -0.137. The normalized spacial score (nSPS) is 16.9. The SMILES string of the molecule is Cl.N[C@@H](CC1CC1)c1cc(C(F)(F)F)cc(Cl)c1F. The second-order valence-corrected chi connectivity index (χ2v) is 5.05. The van der Waals surface area contributed by atoms with Crippen molar-refractivity contribution >= 4 is 24.0 Å². The van der Waals surface area contributed by atoms with Crippen molar-refractivity contribution in [2.24, 2.45) is 11.7 Å². The largest absolute Gasteiger partial charge is 0.416 e. The molecule has 1 aromatic carbocycles. The van der Waals surface area contributed by atoms with Crippen LogP contribution in [-0.2, 0) is 6.18 Å². The van der Waals surface area contributed by atoms with Gasteiger partial charge in [-0.15, -0.1) is 12.4 Å². The minimum atomic E-state index is -4.55. The van der Waals surface area contributed by atoms with E-state index in [1.54, 1.807) is 0 Å². The molecule has 7 heteroatoms. The first-order chi connectivity index (χ1) is 8.29. The van der Waals surface area contributed by atoms with Crippen molar-refractivity contribution in [3.8, 4) is 0 Å². The number of rotatable bonds is 3. The lowest BCUT2D eigenvalue weighted by Crippen LogP contribution is -2.15. The van der Waals surface area contributed by atoms with E-state index < -0.39 is 28.6 Å². The van der Waals surface area contributed by atoms with Crippen LogP contribution in [0.1, 0.15) is 36.4 Å². The highest BCUT2D eigenvalue weighted by Gasteiger charge is 2.34. The predicted octanol–water partition coefficient (Wildman–Crippen LogP) is 4.72. The second-order valence-electron chi connectivity index (χ2n) is 4.64. The maximum Gasteiger partial charge on any atom is 0.416 e. The molecule has 0 aromatic heterocycles. The Morgan fingerprint density at radius 3 is 2.37 bits per heavy atom. The molecule has 1 aromatic rings. The molecule has 1 atom stereocenters. The van der Waals surface area contributed by atoms with E-state index >= 15 is 0 Å². The zero-order valence-electron chi connectivity index (χ0n) is 9.81. The smallest absolute Gasteiger partial charge is 0.324 e. The molecule has 0 unspecified atom stereocenters. The third-order valence-electron chi connectivity index (χ3n) is 3.07. The Labute approximate surface area is 119 Å². The fourth-order valence-corrected chi connectivity index (χ4v) is 2.11. The molecule has 0 aliphatic heterocycles. The molecule has 0 radical (unpaired) electrons. The number of hydrogen-bond donors (Lipinski definition) is 1. The van der Waals surface area contributed by atoms with Gasteiger partial charge in [-0.3, -0.25) is 0 Å². The Bertz CT molecular complexity index is 458. The van der Waals surface area contributed by atoms with Crippen molar-refractivity contribution in [2.75, 3.05) is 0 Å². The fourth-order valence-electron chi connectivity index (χ4n) is 1.88. The van der Waals surface area contributed by atoms with E-state index in [9.17, 15) is 17.6 Å². The van der Waals surface area contributed by atoms with Crippen LogP contribution in [0.2, 0.25) is 5.02 Å². The molecule has 1 fully saturated rings. The van der Waals surface area contributed by atoms with Crippen LogP contribution in [0.4, 0.5) is 17.6 Å². The van der Waals surface area contributed by atoms with Crippen molar-refractivity contribution in [3.63, 3.8) is 0 Å². The number of hydrogen-bond acceptors (Lipinski definition) is 1. The van der Waals surface area contributed by atoms with Crippen LogP contribution in [0.15, 0.2) is 12.1 Å². The molecule has 2 rings (SSSR count). The quantitative estimate of drug-likeness (QED) is 0.802. The van der Waals surface area contributed by atoms with Gasteiger partial charge in [0.15, 0.2) is 0 Å². The van der Waals surface area contributed by atoms with Crippen LogP contribution in [0.3, 0.4) is 0 Å². The van der Waals surface area contributed by atoms with Gasteiger partial charge in [0.05, 0.1) is 10.6 Å². The summed E-state index contributed by atoms with van der Waals surface area (Å²) in [5, 5.41) is -0.536. The zero-order chi connectivity index (χ0) is 13.5. The molecular formula is C12H13Cl2F4N. The zero-order valence-corrected chi connectivity index (χ0v) is 11.4. The lowest BCUT2D eigenvalue weighted by atomic mass is 9.99. The number of benzene rings is 1. The fraction of sp³-hybridized carbons (Fsp3) is 0.500. The topological polar surface area (TPSA) is 26.0 Å². The molecule has 0 spiro atoms. The van der Waals surface area contributed by atoms with Crippen LogP contribution < -0.4 is 5.73 Å². The van der Waals surface area contributed by atoms with Gasteiger partial charge in [-0.05, 0) is 24.5 Å². The first-order valence-corrected chi connectivity index (χ1v) is 5.98. The summed E-state index contributed by atoms with van der Waals surface area (Å²) in [5.74, 6) is -0.453. The van der Waals surface area contributed by atoms with Gasteiger partial charge in [0.1, 0.15) is 5.82 Å². The summed E-state index contributed by atoms with van der Waals surface area (Å²) in [4.78, 5) is 0. The van der Waals surface area contributed by atoms with Gasteiger partial charge < -0.3 is 5.73 Å². The summed E-state index contributed by atoms with van der Waals surface area (Å²) >= 11 is 5.49. The summed E-state index contributed by atoms with van der Waals surface area (Å²) in [6.45, 7) is 0. The molecule has 0 bridgehead atoms. The summed E-state index contributed by atoms with van der Waals surface area (Å²) in [7, 11) is 0. The number of halogens is 6. The Hall–Kier alpha value is -0.520. The molecule has 0 amide bonds. The van der Waals surface area contributed by atoms with Gasteiger partial charge in [-0.25, -0.2) is 4.39 Å². The van der Waals surface area contributed by atoms with Crippen molar-refractivity contribution < 1.29 is 17.6 Å². The highest BCUT2D eigenvalue weighted by molar-refractivity contribution is 6.30. The van der Waals surface area contributed by atoms with E-state index in [1.165, 1.54) is 0 Å². The van der Waals surface area contributed by atoms with E-state index in [4.69, 9.17) is 17.3 Å². The molecule has 108 valence electrons. The number of alkyl halides is 3. The second kappa shape index (κ2) is 5.85. The van der Waals surface area contributed by atoms with E-state index in [0.29, 0.717) is 18.4 Å². The van der Waals surface area contributed by atoms with Crippen LogP contribution in [0.25, 0.3) is 0 Å². The van der Waals surface area contributed by atoms with Crippen molar-refractivity contribution in [1.29, 1.82) is 0 Å². The maximum atomic E-state index is 13.7. The molecule has 1 nitrogen and oxygen atoms in total. The van der Waals surface area contributed by atoms with Crippen molar-refractivity contribution in [3.05, 3.63) is 34.1 Å². The summed E-state index contributed by atoms with van der Waals surface area (Å²) in [5.41, 5.74) is 4.64. The monoisotopic (exact) mass is 317 g/mol. The molecule has 19 heavy (non-hydrogen) atoms. The van der Waals surface area contributed by atoms with Gasteiger partial charge in [-0.2, -0.15) is 13.2 Å². The average molecular weight is 318 g/mol. The van der Waals surface area contributed by atoms with Crippen molar-refractivity contribution in [2.45, 2.75) is 31.5 Å².